The van der Waals surface area contributed by atoms with Gasteiger partial charge in [-0.3, -0.25) is 14.5 Å². The van der Waals surface area contributed by atoms with Gasteiger partial charge in [0.2, 0.25) is 5.13 Å². The minimum atomic E-state index is -1.18. The number of amides is 1. The van der Waals surface area contributed by atoms with Crippen molar-refractivity contribution in [2.45, 2.75) is 19.9 Å². The summed E-state index contributed by atoms with van der Waals surface area (Å²) < 4.78 is 20.2. The number of carbonyl (C=O) groups excluding carboxylic acids is 2. The van der Waals surface area contributed by atoms with Gasteiger partial charge in [0.25, 0.3) is 5.78 Å². The average molecular weight is 439 g/mol. The summed E-state index contributed by atoms with van der Waals surface area (Å²) in [5.74, 6) is -2.25. The Kier molecular flexibility index (Phi) is 5.51. The van der Waals surface area contributed by atoms with Crippen LogP contribution in [-0.4, -0.2) is 33.6 Å². The third kappa shape index (κ3) is 3.68. The van der Waals surface area contributed by atoms with Crippen LogP contribution in [0.3, 0.4) is 0 Å². The lowest BCUT2D eigenvalue weighted by Gasteiger charge is -2.22. The number of aliphatic hydroxyl groups excluding tert-OH is 1. The van der Waals surface area contributed by atoms with Gasteiger partial charge in [0.05, 0.1) is 12.2 Å². The molecule has 1 amide bonds. The Labute approximate surface area is 181 Å². The third-order valence-electron chi connectivity index (χ3n) is 4.80. The molecule has 1 saturated heterocycles. The molecule has 1 aliphatic heterocycles. The quantitative estimate of drug-likeness (QED) is 0.367. The van der Waals surface area contributed by atoms with Crippen LogP contribution in [0.2, 0.25) is 0 Å². The predicted octanol–water partition coefficient (Wildman–Crippen LogP) is 4.01. The smallest absolute Gasteiger partial charge is 0.301 e. The van der Waals surface area contributed by atoms with Crippen molar-refractivity contribution < 1.29 is 23.8 Å². The van der Waals surface area contributed by atoms with Gasteiger partial charge >= 0.3 is 5.91 Å². The number of ether oxygens (including phenoxy) is 1. The van der Waals surface area contributed by atoms with Gasteiger partial charge in [0.1, 0.15) is 28.4 Å². The number of aryl methyl sites for hydroxylation is 1. The molecule has 1 fully saturated rings. The first-order chi connectivity index (χ1) is 14.9. The lowest BCUT2D eigenvalue weighted by Crippen LogP contribution is -2.29. The fourth-order valence-corrected chi connectivity index (χ4v) is 4.15. The number of hydrogen-bond donors (Lipinski definition) is 1. The highest BCUT2D eigenvalue weighted by Gasteiger charge is 2.49. The van der Waals surface area contributed by atoms with Gasteiger partial charge in [-0.25, -0.2) is 4.39 Å². The zero-order valence-electron chi connectivity index (χ0n) is 16.7. The van der Waals surface area contributed by atoms with Crippen molar-refractivity contribution in [3.8, 4) is 5.75 Å². The van der Waals surface area contributed by atoms with E-state index in [2.05, 4.69) is 10.2 Å². The zero-order valence-corrected chi connectivity index (χ0v) is 17.5. The zero-order chi connectivity index (χ0) is 22.1. The number of aliphatic hydroxyl groups is 1. The molecule has 2 aromatic carbocycles. The largest absolute Gasteiger partial charge is 0.507 e. The highest BCUT2D eigenvalue weighted by atomic mass is 32.1. The van der Waals surface area contributed by atoms with Crippen molar-refractivity contribution in [1.82, 2.24) is 10.2 Å². The second kappa shape index (κ2) is 8.27. The number of carbonyl (C=O) groups is 2. The Morgan fingerprint density at radius 1 is 1.16 bits per heavy atom. The van der Waals surface area contributed by atoms with Gasteiger partial charge in [0.15, 0.2) is 0 Å². The van der Waals surface area contributed by atoms with E-state index >= 15 is 0 Å². The molecule has 4 rings (SSSR count). The predicted molar refractivity (Wildman–Crippen MR) is 113 cm³/mol. The van der Waals surface area contributed by atoms with E-state index in [1.807, 2.05) is 6.92 Å². The van der Waals surface area contributed by atoms with Crippen LogP contribution >= 0.6 is 11.3 Å². The van der Waals surface area contributed by atoms with Crippen molar-refractivity contribution >= 4 is 33.9 Å². The van der Waals surface area contributed by atoms with Gasteiger partial charge in [0, 0.05) is 11.1 Å². The van der Waals surface area contributed by atoms with E-state index in [4.69, 9.17) is 4.74 Å². The number of anilines is 1. The fourth-order valence-electron chi connectivity index (χ4n) is 3.44. The second-order valence-corrected chi connectivity index (χ2v) is 7.91. The van der Waals surface area contributed by atoms with E-state index < -0.39 is 29.3 Å². The highest BCUT2D eigenvalue weighted by molar-refractivity contribution is 7.15. The van der Waals surface area contributed by atoms with E-state index in [0.717, 1.165) is 16.2 Å². The van der Waals surface area contributed by atoms with Gasteiger partial charge in [-0.2, -0.15) is 0 Å². The molecule has 0 aliphatic carbocycles. The molecule has 31 heavy (non-hydrogen) atoms. The first-order valence-corrected chi connectivity index (χ1v) is 10.3. The summed E-state index contributed by atoms with van der Waals surface area (Å²) in [4.78, 5) is 27.0. The topological polar surface area (TPSA) is 92.6 Å². The normalized spacial score (nSPS) is 17.9. The number of benzene rings is 2. The first-order valence-electron chi connectivity index (χ1n) is 9.51. The Morgan fingerprint density at radius 2 is 1.87 bits per heavy atom. The minimum absolute atomic E-state index is 0.0713. The Bertz CT molecular complexity index is 1190. The SMILES string of the molecule is CCOc1ccc(/C(O)=C2\C(=O)C(=O)N(c3nnc(C)s3)[C@@H]2c2ccccc2F)cc1. The van der Waals surface area contributed by atoms with Crippen LogP contribution < -0.4 is 9.64 Å². The average Bonchev–Trinajstić information content (AvgIpc) is 3.29. The number of halogens is 1. The summed E-state index contributed by atoms with van der Waals surface area (Å²) >= 11 is 1.10. The van der Waals surface area contributed by atoms with Gasteiger partial charge in [-0.05, 0) is 44.2 Å². The van der Waals surface area contributed by atoms with E-state index in [1.54, 1.807) is 37.3 Å². The van der Waals surface area contributed by atoms with Crippen molar-refractivity contribution in [3.05, 3.63) is 76.1 Å². The summed E-state index contributed by atoms with van der Waals surface area (Å²) in [6.45, 7) is 4.03. The van der Waals surface area contributed by atoms with Crippen molar-refractivity contribution in [1.29, 1.82) is 0 Å². The molecule has 0 bridgehead atoms. The highest BCUT2D eigenvalue weighted by Crippen LogP contribution is 2.43. The monoisotopic (exact) mass is 439 g/mol. The number of hydrogen-bond acceptors (Lipinski definition) is 7. The van der Waals surface area contributed by atoms with Gasteiger partial charge < -0.3 is 9.84 Å². The van der Waals surface area contributed by atoms with E-state index in [0.29, 0.717) is 22.9 Å². The van der Waals surface area contributed by atoms with E-state index in [9.17, 15) is 19.1 Å². The molecular weight excluding hydrogens is 421 g/mol. The molecule has 1 aliphatic rings. The molecular formula is C22H18FN3O4S. The molecule has 3 aromatic rings. The molecule has 158 valence electrons. The lowest BCUT2D eigenvalue weighted by molar-refractivity contribution is -0.132. The number of ketones is 1. The molecule has 0 saturated carbocycles. The van der Waals surface area contributed by atoms with E-state index in [-0.39, 0.29) is 16.3 Å². The maximum absolute atomic E-state index is 14.8. The van der Waals surface area contributed by atoms with Crippen LogP contribution in [0.15, 0.2) is 54.1 Å². The molecule has 9 heteroatoms. The molecule has 0 spiro atoms. The van der Waals surface area contributed by atoms with Gasteiger partial charge in [-0.1, -0.05) is 29.5 Å². The Morgan fingerprint density at radius 3 is 2.48 bits per heavy atom. The molecule has 7 nitrogen and oxygen atoms in total. The molecule has 1 atom stereocenters. The second-order valence-electron chi connectivity index (χ2n) is 6.75. The van der Waals surface area contributed by atoms with Crippen molar-refractivity contribution in [3.63, 3.8) is 0 Å². The summed E-state index contributed by atoms with van der Waals surface area (Å²) in [7, 11) is 0. The standard InChI is InChI=1S/C22H18FN3O4S/c1-3-30-14-10-8-13(9-11-14)19(27)17-18(15-6-4-5-7-16(15)23)26(21(29)20(17)28)22-25-24-12(2)31-22/h4-11,18,27H,3H2,1-2H3/b19-17+/t18-/m1/s1. The van der Waals surface area contributed by atoms with E-state index in [1.165, 1.54) is 18.2 Å². The van der Waals surface area contributed by atoms with Gasteiger partial charge in [-0.15, -0.1) is 10.2 Å². The van der Waals surface area contributed by atoms with Crippen LogP contribution in [0.5, 0.6) is 5.75 Å². The van der Waals surface area contributed by atoms with Crippen LogP contribution in [0, 0.1) is 12.7 Å². The summed E-state index contributed by atoms with van der Waals surface area (Å²) in [5.41, 5.74) is 0.158. The van der Waals surface area contributed by atoms with Crippen molar-refractivity contribution in [2.75, 3.05) is 11.5 Å². The minimum Gasteiger partial charge on any atom is -0.507 e. The number of rotatable bonds is 5. The number of nitrogens with zero attached hydrogens (tertiary/aromatic N) is 3. The van der Waals surface area contributed by atoms with Crippen LogP contribution in [0.4, 0.5) is 9.52 Å². The first kappa shape index (κ1) is 20.7. The summed E-state index contributed by atoms with van der Waals surface area (Å²) in [6, 6.07) is 11.0. The Balaban J connectivity index is 1.90. The lowest BCUT2D eigenvalue weighted by atomic mass is 9.95. The summed E-state index contributed by atoms with van der Waals surface area (Å²) in [6.07, 6.45) is 0. The number of Topliss-reactive ketones (excluding diaryl/α,β-unsaturated/α-hetero) is 1. The van der Waals surface area contributed by atoms with Crippen LogP contribution in [0.25, 0.3) is 5.76 Å². The molecule has 2 heterocycles. The molecule has 0 radical (unpaired) electrons. The maximum Gasteiger partial charge on any atom is 0.301 e. The fraction of sp³-hybridized carbons (Fsp3) is 0.182. The van der Waals surface area contributed by atoms with Crippen molar-refractivity contribution in [2.24, 2.45) is 0 Å². The molecule has 0 unspecified atom stereocenters. The Hall–Kier alpha value is -3.59. The maximum atomic E-state index is 14.8. The molecule has 1 aromatic heterocycles. The summed E-state index contributed by atoms with van der Waals surface area (Å²) in [5, 5.41) is 19.6. The van der Waals surface area contributed by atoms with Crippen LogP contribution in [-0.2, 0) is 9.59 Å². The molecule has 1 N–H and O–H groups in total. The van der Waals surface area contributed by atoms with Crippen LogP contribution in [0.1, 0.15) is 29.1 Å². The third-order valence-corrected chi connectivity index (χ3v) is 5.64. The number of aromatic nitrogens is 2.